The highest BCUT2D eigenvalue weighted by atomic mass is 19.1. The number of likely N-dealkylation sites (tertiary alicyclic amines) is 1. The van der Waals surface area contributed by atoms with Crippen LogP contribution in [-0.4, -0.2) is 34.0 Å². The molecule has 5 nitrogen and oxygen atoms in total. The van der Waals surface area contributed by atoms with Crippen LogP contribution in [0.5, 0.6) is 0 Å². The Morgan fingerprint density at radius 2 is 1.83 bits per heavy atom. The third-order valence-corrected chi connectivity index (χ3v) is 5.51. The van der Waals surface area contributed by atoms with E-state index >= 15 is 0 Å². The van der Waals surface area contributed by atoms with E-state index in [1.54, 1.807) is 0 Å². The number of rotatable bonds is 4. The summed E-state index contributed by atoms with van der Waals surface area (Å²) < 4.78 is 33.5. The molecular formula is C23H23F2N3O2. The van der Waals surface area contributed by atoms with Gasteiger partial charge in [0.15, 0.2) is 0 Å². The predicted molar refractivity (Wildman–Crippen MR) is 108 cm³/mol. The number of hydrogen-bond acceptors (Lipinski definition) is 4. The van der Waals surface area contributed by atoms with Crippen LogP contribution in [0.15, 0.2) is 47.0 Å². The number of carbonyl (C=O) groups is 1. The van der Waals surface area contributed by atoms with Crippen LogP contribution >= 0.6 is 0 Å². The molecule has 1 amide bonds. The molecule has 30 heavy (non-hydrogen) atoms. The Bertz CT molecular complexity index is 1030. The van der Waals surface area contributed by atoms with E-state index in [1.807, 2.05) is 24.3 Å². The SMILES string of the molecule is CC(C)c1ccc(-c2noc(C3CCCN(C(=O)c4c(F)cccc4F)C3)n2)cc1. The number of amides is 1. The molecule has 0 saturated carbocycles. The average molecular weight is 411 g/mol. The van der Waals surface area contributed by atoms with Gasteiger partial charge in [0.25, 0.3) is 5.91 Å². The van der Waals surface area contributed by atoms with Gasteiger partial charge in [0.2, 0.25) is 11.7 Å². The van der Waals surface area contributed by atoms with Crippen LogP contribution in [0.3, 0.4) is 0 Å². The number of nitrogens with zero attached hydrogens (tertiary/aromatic N) is 3. The van der Waals surface area contributed by atoms with Crippen molar-refractivity contribution >= 4 is 5.91 Å². The molecule has 0 N–H and O–H groups in total. The third-order valence-electron chi connectivity index (χ3n) is 5.51. The number of hydrogen-bond donors (Lipinski definition) is 0. The first kappa shape index (κ1) is 20.2. The average Bonchev–Trinajstić information content (AvgIpc) is 3.24. The van der Waals surface area contributed by atoms with Crippen molar-refractivity contribution in [2.45, 2.75) is 38.5 Å². The summed E-state index contributed by atoms with van der Waals surface area (Å²) >= 11 is 0. The standard InChI is InChI=1S/C23H23F2N3O2/c1-14(2)15-8-10-16(11-9-15)21-26-22(30-27-21)17-5-4-12-28(13-17)23(29)20-18(24)6-3-7-19(20)25/h3,6-11,14,17H,4-5,12-13H2,1-2H3. The second kappa shape index (κ2) is 8.34. The van der Waals surface area contributed by atoms with E-state index in [0.29, 0.717) is 30.6 Å². The molecular weight excluding hydrogens is 388 g/mol. The summed E-state index contributed by atoms with van der Waals surface area (Å²) in [6.07, 6.45) is 1.45. The van der Waals surface area contributed by atoms with Crippen molar-refractivity contribution in [2.75, 3.05) is 13.1 Å². The maximum atomic E-state index is 14.0. The summed E-state index contributed by atoms with van der Waals surface area (Å²) in [6, 6.07) is 11.4. The molecule has 0 aliphatic carbocycles. The minimum Gasteiger partial charge on any atom is -0.339 e. The van der Waals surface area contributed by atoms with Crippen molar-refractivity contribution in [1.82, 2.24) is 15.0 Å². The summed E-state index contributed by atoms with van der Waals surface area (Å²) in [5, 5.41) is 4.08. The van der Waals surface area contributed by atoms with E-state index in [2.05, 4.69) is 24.0 Å². The van der Waals surface area contributed by atoms with Crippen LogP contribution < -0.4 is 0 Å². The van der Waals surface area contributed by atoms with Crippen molar-refractivity contribution < 1.29 is 18.1 Å². The van der Waals surface area contributed by atoms with Crippen molar-refractivity contribution in [3.8, 4) is 11.4 Å². The molecule has 0 radical (unpaired) electrons. The molecule has 1 aliphatic heterocycles. The summed E-state index contributed by atoms with van der Waals surface area (Å²) in [6.45, 7) is 4.97. The Morgan fingerprint density at radius 1 is 1.13 bits per heavy atom. The number of carbonyl (C=O) groups excluding carboxylic acids is 1. The summed E-state index contributed by atoms with van der Waals surface area (Å²) in [4.78, 5) is 18.7. The van der Waals surface area contributed by atoms with E-state index in [-0.39, 0.29) is 12.5 Å². The topological polar surface area (TPSA) is 59.2 Å². The molecule has 1 aromatic heterocycles. The lowest BCUT2D eigenvalue weighted by Crippen LogP contribution is -2.40. The molecule has 1 unspecified atom stereocenters. The van der Waals surface area contributed by atoms with Crippen molar-refractivity contribution in [1.29, 1.82) is 0 Å². The maximum absolute atomic E-state index is 14.0. The summed E-state index contributed by atoms with van der Waals surface area (Å²) in [5.74, 6) is -1.18. The first-order chi connectivity index (χ1) is 14.4. The molecule has 7 heteroatoms. The lowest BCUT2D eigenvalue weighted by atomic mass is 9.97. The zero-order valence-corrected chi connectivity index (χ0v) is 16.9. The Labute approximate surface area is 173 Å². The molecule has 1 fully saturated rings. The van der Waals surface area contributed by atoms with Gasteiger partial charge in [0, 0.05) is 18.7 Å². The molecule has 156 valence electrons. The van der Waals surface area contributed by atoms with Crippen LogP contribution in [0.2, 0.25) is 0 Å². The first-order valence-electron chi connectivity index (χ1n) is 10.1. The van der Waals surface area contributed by atoms with Gasteiger partial charge < -0.3 is 9.42 Å². The molecule has 4 rings (SSSR count). The van der Waals surface area contributed by atoms with Crippen LogP contribution in [-0.2, 0) is 0 Å². The lowest BCUT2D eigenvalue weighted by molar-refractivity contribution is 0.0686. The molecule has 1 aliphatic rings. The molecule has 0 bridgehead atoms. The molecule has 0 spiro atoms. The Balaban J connectivity index is 1.51. The number of halogens is 2. The number of piperidine rings is 1. The van der Waals surface area contributed by atoms with Gasteiger partial charge in [-0.15, -0.1) is 0 Å². The fraction of sp³-hybridized carbons (Fsp3) is 0.348. The van der Waals surface area contributed by atoms with Gasteiger partial charge in [0.1, 0.15) is 17.2 Å². The fourth-order valence-electron chi connectivity index (χ4n) is 3.76. The highest BCUT2D eigenvalue weighted by Crippen LogP contribution is 2.29. The van der Waals surface area contributed by atoms with E-state index in [9.17, 15) is 13.6 Å². The van der Waals surface area contributed by atoms with Crippen molar-refractivity contribution in [3.05, 3.63) is 71.1 Å². The second-order valence-electron chi connectivity index (χ2n) is 7.92. The van der Waals surface area contributed by atoms with Gasteiger partial charge in [-0.25, -0.2) is 8.78 Å². The van der Waals surface area contributed by atoms with E-state index < -0.39 is 23.1 Å². The largest absolute Gasteiger partial charge is 0.339 e. The Kier molecular flexibility index (Phi) is 5.61. The Morgan fingerprint density at radius 3 is 2.50 bits per heavy atom. The van der Waals surface area contributed by atoms with E-state index in [1.165, 1.54) is 16.5 Å². The Hall–Kier alpha value is -3.09. The van der Waals surface area contributed by atoms with Crippen LogP contribution in [0.4, 0.5) is 8.78 Å². The third kappa shape index (κ3) is 3.97. The summed E-state index contributed by atoms with van der Waals surface area (Å²) in [5.41, 5.74) is 1.56. The van der Waals surface area contributed by atoms with Gasteiger partial charge in [-0.1, -0.05) is 49.3 Å². The number of aromatic nitrogens is 2. The molecule has 3 aromatic rings. The predicted octanol–water partition coefficient (Wildman–Crippen LogP) is 5.16. The monoisotopic (exact) mass is 411 g/mol. The normalized spacial score (nSPS) is 16.8. The second-order valence-corrected chi connectivity index (χ2v) is 7.92. The van der Waals surface area contributed by atoms with Crippen molar-refractivity contribution in [2.24, 2.45) is 0 Å². The zero-order chi connectivity index (χ0) is 21.3. The van der Waals surface area contributed by atoms with Crippen LogP contribution in [0, 0.1) is 11.6 Å². The molecule has 2 aromatic carbocycles. The highest BCUT2D eigenvalue weighted by Gasteiger charge is 2.31. The van der Waals surface area contributed by atoms with Gasteiger partial charge in [0.05, 0.1) is 5.92 Å². The van der Waals surface area contributed by atoms with Gasteiger partial charge in [-0.05, 0) is 36.5 Å². The quantitative estimate of drug-likeness (QED) is 0.595. The minimum atomic E-state index is -0.855. The molecule has 1 saturated heterocycles. The molecule has 1 atom stereocenters. The minimum absolute atomic E-state index is 0.172. The zero-order valence-electron chi connectivity index (χ0n) is 16.9. The van der Waals surface area contributed by atoms with Crippen LogP contribution in [0.25, 0.3) is 11.4 Å². The van der Waals surface area contributed by atoms with E-state index in [4.69, 9.17) is 4.52 Å². The highest BCUT2D eigenvalue weighted by molar-refractivity contribution is 5.94. The lowest BCUT2D eigenvalue weighted by Gasteiger charge is -2.31. The van der Waals surface area contributed by atoms with Gasteiger partial charge >= 0.3 is 0 Å². The van der Waals surface area contributed by atoms with E-state index in [0.717, 1.165) is 24.1 Å². The fourth-order valence-corrected chi connectivity index (χ4v) is 3.76. The van der Waals surface area contributed by atoms with Gasteiger partial charge in [-0.3, -0.25) is 4.79 Å². The first-order valence-corrected chi connectivity index (χ1v) is 10.1. The van der Waals surface area contributed by atoms with Crippen molar-refractivity contribution in [3.63, 3.8) is 0 Å². The smallest absolute Gasteiger partial charge is 0.259 e. The van der Waals surface area contributed by atoms with Gasteiger partial charge in [-0.2, -0.15) is 4.98 Å². The number of benzene rings is 2. The molecule has 2 heterocycles. The van der Waals surface area contributed by atoms with Crippen LogP contribution in [0.1, 0.15) is 60.3 Å². The summed E-state index contributed by atoms with van der Waals surface area (Å²) in [7, 11) is 0. The maximum Gasteiger partial charge on any atom is 0.259 e.